The summed E-state index contributed by atoms with van der Waals surface area (Å²) in [4.78, 5) is 11.9. The lowest BCUT2D eigenvalue weighted by Gasteiger charge is -2.22. The summed E-state index contributed by atoms with van der Waals surface area (Å²) in [6, 6.07) is 12.4. The Balaban J connectivity index is 1.51. The number of nitrogens with one attached hydrogen (secondary N) is 1. The first-order chi connectivity index (χ1) is 12.1. The van der Waals surface area contributed by atoms with Gasteiger partial charge < -0.3 is 10.1 Å². The molecule has 1 aliphatic rings. The number of hydrogen-bond acceptors (Lipinski definition) is 2. The quantitative estimate of drug-likeness (QED) is 0.697. The standard InChI is InChI=1S/C20H21BrFNO2/c21-16-8-11-19(18(22)12-16)23-20(24)13-25-17-9-6-15(7-10-17)14-4-2-1-3-5-14/h6-12,14H,1-5,13H2,(H,23,24). The van der Waals surface area contributed by atoms with E-state index in [2.05, 4.69) is 33.4 Å². The zero-order chi connectivity index (χ0) is 17.6. The average molecular weight is 406 g/mol. The molecule has 25 heavy (non-hydrogen) atoms. The molecule has 1 amide bonds. The second-order valence-corrected chi connectivity index (χ2v) is 7.28. The third-order valence-electron chi connectivity index (χ3n) is 4.53. The van der Waals surface area contributed by atoms with E-state index in [0.717, 1.165) is 0 Å². The lowest BCUT2D eigenvalue weighted by atomic mass is 9.84. The van der Waals surface area contributed by atoms with Crippen LogP contribution in [0.5, 0.6) is 5.75 Å². The highest BCUT2D eigenvalue weighted by Gasteiger charge is 2.15. The summed E-state index contributed by atoms with van der Waals surface area (Å²) in [6.07, 6.45) is 6.44. The Labute approximate surface area is 155 Å². The van der Waals surface area contributed by atoms with Crippen LogP contribution in [0.4, 0.5) is 10.1 Å². The molecule has 0 atom stereocenters. The van der Waals surface area contributed by atoms with Crippen LogP contribution in [-0.2, 0) is 4.79 Å². The van der Waals surface area contributed by atoms with E-state index >= 15 is 0 Å². The SMILES string of the molecule is O=C(COc1ccc(C2CCCCC2)cc1)Nc1ccc(Br)cc1F. The summed E-state index contributed by atoms with van der Waals surface area (Å²) in [5, 5.41) is 2.51. The van der Waals surface area contributed by atoms with Gasteiger partial charge in [-0.2, -0.15) is 0 Å². The van der Waals surface area contributed by atoms with Gasteiger partial charge in [0.2, 0.25) is 0 Å². The number of anilines is 1. The summed E-state index contributed by atoms with van der Waals surface area (Å²) in [7, 11) is 0. The third kappa shape index (κ3) is 5.05. The molecular formula is C20H21BrFNO2. The van der Waals surface area contributed by atoms with Crippen LogP contribution in [0.25, 0.3) is 0 Å². The van der Waals surface area contributed by atoms with Gasteiger partial charge in [-0.25, -0.2) is 4.39 Å². The zero-order valence-electron chi connectivity index (χ0n) is 13.9. The first-order valence-corrected chi connectivity index (χ1v) is 9.39. The van der Waals surface area contributed by atoms with Crippen molar-refractivity contribution >= 4 is 27.5 Å². The predicted octanol–water partition coefficient (Wildman–Crippen LogP) is 5.65. The highest BCUT2D eigenvalue weighted by Crippen LogP contribution is 2.33. The molecule has 1 N–H and O–H groups in total. The number of rotatable bonds is 5. The minimum atomic E-state index is -0.487. The van der Waals surface area contributed by atoms with Gasteiger partial charge in [-0.15, -0.1) is 0 Å². The van der Waals surface area contributed by atoms with Crippen molar-refractivity contribution in [2.75, 3.05) is 11.9 Å². The number of ether oxygens (including phenoxy) is 1. The van der Waals surface area contributed by atoms with Gasteiger partial charge in [0.05, 0.1) is 5.69 Å². The summed E-state index contributed by atoms with van der Waals surface area (Å²) in [5.41, 5.74) is 1.48. The first kappa shape index (κ1) is 17.9. The van der Waals surface area contributed by atoms with Crippen LogP contribution < -0.4 is 10.1 Å². The number of benzene rings is 2. The Morgan fingerprint density at radius 3 is 2.52 bits per heavy atom. The maximum absolute atomic E-state index is 13.7. The molecule has 0 saturated heterocycles. The van der Waals surface area contributed by atoms with E-state index in [4.69, 9.17) is 4.74 Å². The topological polar surface area (TPSA) is 38.3 Å². The minimum Gasteiger partial charge on any atom is -0.484 e. The molecule has 1 aliphatic carbocycles. The molecule has 5 heteroatoms. The summed E-state index contributed by atoms with van der Waals surface area (Å²) in [6.45, 7) is -0.154. The molecule has 132 valence electrons. The fourth-order valence-electron chi connectivity index (χ4n) is 3.20. The normalized spacial score (nSPS) is 15.0. The van der Waals surface area contributed by atoms with Gasteiger partial charge in [-0.05, 0) is 54.7 Å². The predicted molar refractivity (Wildman–Crippen MR) is 100 cm³/mol. The van der Waals surface area contributed by atoms with Crippen molar-refractivity contribution in [2.45, 2.75) is 38.0 Å². The Bertz CT molecular complexity index is 727. The highest BCUT2D eigenvalue weighted by molar-refractivity contribution is 9.10. The maximum atomic E-state index is 13.7. The molecule has 3 rings (SSSR count). The number of hydrogen-bond donors (Lipinski definition) is 1. The molecule has 0 aliphatic heterocycles. The summed E-state index contributed by atoms with van der Waals surface area (Å²) >= 11 is 3.18. The van der Waals surface area contributed by atoms with Crippen LogP contribution in [-0.4, -0.2) is 12.5 Å². The number of carbonyl (C=O) groups is 1. The average Bonchev–Trinajstić information content (AvgIpc) is 2.63. The second kappa shape index (κ2) is 8.48. The van der Waals surface area contributed by atoms with Gasteiger partial charge in [0.1, 0.15) is 11.6 Å². The molecule has 0 aromatic heterocycles. The van der Waals surface area contributed by atoms with Crippen LogP contribution in [0.2, 0.25) is 0 Å². The zero-order valence-corrected chi connectivity index (χ0v) is 15.5. The monoisotopic (exact) mass is 405 g/mol. The molecule has 3 nitrogen and oxygen atoms in total. The molecule has 0 spiro atoms. The van der Waals surface area contributed by atoms with Crippen molar-refractivity contribution in [1.82, 2.24) is 0 Å². The number of amides is 1. The van der Waals surface area contributed by atoms with Crippen LogP contribution in [0.1, 0.15) is 43.6 Å². The van der Waals surface area contributed by atoms with Crippen molar-refractivity contribution in [1.29, 1.82) is 0 Å². The first-order valence-electron chi connectivity index (χ1n) is 8.59. The summed E-state index contributed by atoms with van der Waals surface area (Å²) < 4.78 is 19.8. The van der Waals surface area contributed by atoms with Crippen molar-refractivity contribution in [3.05, 3.63) is 58.3 Å². The Hall–Kier alpha value is -1.88. The molecule has 0 unspecified atom stereocenters. The summed E-state index contributed by atoms with van der Waals surface area (Å²) in [5.74, 6) is 0.412. The highest BCUT2D eigenvalue weighted by atomic mass is 79.9. The fraction of sp³-hybridized carbons (Fsp3) is 0.350. The Kier molecular flexibility index (Phi) is 6.08. The lowest BCUT2D eigenvalue weighted by Crippen LogP contribution is -2.20. The van der Waals surface area contributed by atoms with E-state index in [1.165, 1.54) is 49.8 Å². The van der Waals surface area contributed by atoms with E-state index in [0.29, 0.717) is 16.1 Å². The molecule has 0 radical (unpaired) electrons. The van der Waals surface area contributed by atoms with E-state index in [1.54, 1.807) is 6.07 Å². The molecule has 0 bridgehead atoms. The minimum absolute atomic E-state index is 0.143. The van der Waals surface area contributed by atoms with Gasteiger partial charge in [0.25, 0.3) is 5.91 Å². The van der Waals surface area contributed by atoms with Gasteiger partial charge >= 0.3 is 0 Å². The van der Waals surface area contributed by atoms with E-state index < -0.39 is 11.7 Å². The number of halogens is 2. The van der Waals surface area contributed by atoms with Crippen LogP contribution >= 0.6 is 15.9 Å². The van der Waals surface area contributed by atoms with Crippen LogP contribution in [0, 0.1) is 5.82 Å². The smallest absolute Gasteiger partial charge is 0.262 e. The van der Waals surface area contributed by atoms with E-state index in [-0.39, 0.29) is 12.3 Å². The maximum Gasteiger partial charge on any atom is 0.262 e. The van der Waals surface area contributed by atoms with Crippen molar-refractivity contribution in [3.8, 4) is 5.75 Å². The molecule has 0 heterocycles. The van der Waals surface area contributed by atoms with Crippen molar-refractivity contribution < 1.29 is 13.9 Å². The van der Waals surface area contributed by atoms with Gasteiger partial charge in [0.15, 0.2) is 6.61 Å². The third-order valence-corrected chi connectivity index (χ3v) is 5.03. The molecular weight excluding hydrogens is 385 g/mol. The van der Waals surface area contributed by atoms with Gasteiger partial charge in [-0.3, -0.25) is 4.79 Å². The number of carbonyl (C=O) groups excluding carboxylic acids is 1. The Morgan fingerprint density at radius 1 is 1.12 bits per heavy atom. The second-order valence-electron chi connectivity index (χ2n) is 6.36. The lowest BCUT2D eigenvalue weighted by molar-refractivity contribution is -0.118. The fourth-order valence-corrected chi connectivity index (χ4v) is 3.53. The van der Waals surface area contributed by atoms with Crippen LogP contribution in [0.3, 0.4) is 0 Å². The molecule has 1 fully saturated rings. The van der Waals surface area contributed by atoms with E-state index in [9.17, 15) is 9.18 Å². The Morgan fingerprint density at radius 2 is 1.84 bits per heavy atom. The molecule has 2 aromatic carbocycles. The molecule has 2 aromatic rings. The van der Waals surface area contributed by atoms with Crippen molar-refractivity contribution in [3.63, 3.8) is 0 Å². The molecule has 1 saturated carbocycles. The van der Waals surface area contributed by atoms with Gasteiger partial charge in [-0.1, -0.05) is 47.3 Å². The van der Waals surface area contributed by atoms with Gasteiger partial charge in [0, 0.05) is 4.47 Å². The van der Waals surface area contributed by atoms with E-state index in [1.807, 2.05) is 12.1 Å². The van der Waals surface area contributed by atoms with Crippen molar-refractivity contribution in [2.24, 2.45) is 0 Å². The van der Waals surface area contributed by atoms with Crippen LogP contribution in [0.15, 0.2) is 46.9 Å². The largest absolute Gasteiger partial charge is 0.484 e.